The Balaban J connectivity index is 0. The van der Waals surface area contributed by atoms with E-state index in [-0.39, 0.29) is 44.3 Å². The van der Waals surface area contributed by atoms with Gasteiger partial charge in [0.1, 0.15) is 0 Å². The Morgan fingerprint density at radius 2 is 2.00 bits per heavy atom. The first-order valence-corrected chi connectivity index (χ1v) is 2.74. The fraction of sp³-hybridized carbons (Fsp3) is 0.333. The van der Waals surface area contributed by atoms with E-state index in [4.69, 9.17) is 5.11 Å². The van der Waals surface area contributed by atoms with Crippen LogP contribution in [0.25, 0.3) is 0 Å². The van der Waals surface area contributed by atoms with E-state index in [2.05, 4.69) is 4.74 Å². The van der Waals surface area contributed by atoms with Crippen LogP contribution < -0.4 is 0 Å². The van der Waals surface area contributed by atoms with Crippen molar-refractivity contribution in [2.24, 2.45) is 0 Å². The molecule has 0 radical (unpaired) electrons. The molecule has 0 unspecified atom stereocenters. The molecule has 60 valence electrons. The maximum atomic E-state index is 10.4. The Morgan fingerprint density at radius 1 is 1.45 bits per heavy atom. The van der Waals surface area contributed by atoms with Crippen molar-refractivity contribution in [3.05, 3.63) is 12.2 Å². The number of carbonyl (C=O) groups is 2. The van der Waals surface area contributed by atoms with Crippen molar-refractivity contribution in [3.63, 3.8) is 0 Å². The molecule has 0 amide bonds. The number of carbonyl (C=O) groups excluding carboxylic acids is 1. The van der Waals surface area contributed by atoms with Gasteiger partial charge in [-0.3, -0.25) is 0 Å². The molecule has 0 aromatic rings. The molecular formula is C6H10CaO4. The Morgan fingerprint density at radius 3 is 2.36 bits per heavy atom. The molecule has 0 heterocycles. The van der Waals surface area contributed by atoms with Gasteiger partial charge in [-0.2, -0.15) is 0 Å². The molecule has 11 heavy (non-hydrogen) atoms. The predicted octanol–water partition coefficient (Wildman–Crippen LogP) is -0.726. The van der Waals surface area contributed by atoms with Crippen LogP contribution in [0.2, 0.25) is 0 Å². The summed E-state index contributed by atoms with van der Waals surface area (Å²) >= 11 is 0. The van der Waals surface area contributed by atoms with Crippen LogP contribution in [0, 0.1) is 0 Å². The van der Waals surface area contributed by atoms with Gasteiger partial charge >= 0.3 is 49.7 Å². The minimum absolute atomic E-state index is 0. The average Bonchev–Trinajstić information content (AvgIpc) is 1.85. The van der Waals surface area contributed by atoms with Gasteiger partial charge in [-0.25, -0.2) is 9.59 Å². The average molecular weight is 186 g/mol. The third-order valence-electron chi connectivity index (χ3n) is 0.649. The molecule has 1 N–H and O–H groups in total. The summed E-state index contributed by atoms with van der Waals surface area (Å²) in [5.41, 5.74) is 0. The molecule has 0 aliphatic heterocycles. The van der Waals surface area contributed by atoms with E-state index in [9.17, 15) is 9.59 Å². The summed E-state index contributed by atoms with van der Waals surface area (Å²) < 4.78 is 4.40. The Kier molecular flexibility index (Phi) is 9.89. The zero-order valence-corrected chi connectivity index (χ0v) is 5.53. The van der Waals surface area contributed by atoms with Crippen molar-refractivity contribution in [2.75, 3.05) is 6.61 Å². The van der Waals surface area contributed by atoms with Gasteiger partial charge < -0.3 is 9.84 Å². The van der Waals surface area contributed by atoms with Gasteiger partial charge in [0, 0.05) is 12.2 Å². The Hall–Kier alpha value is -0.0603. The van der Waals surface area contributed by atoms with Crippen molar-refractivity contribution in [3.8, 4) is 0 Å². The van der Waals surface area contributed by atoms with E-state index >= 15 is 0 Å². The third-order valence-corrected chi connectivity index (χ3v) is 0.649. The van der Waals surface area contributed by atoms with Gasteiger partial charge in [0.15, 0.2) is 0 Å². The third kappa shape index (κ3) is 9.94. The summed E-state index contributed by atoms with van der Waals surface area (Å²) in [4.78, 5) is 20.2. The van der Waals surface area contributed by atoms with E-state index in [0.717, 1.165) is 12.2 Å². The molecule has 0 saturated carbocycles. The van der Waals surface area contributed by atoms with E-state index in [0.29, 0.717) is 0 Å². The molecule has 0 fully saturated rings. The summed E-state index contributed by atoms with van der Waals surface area (Å²) in [5.74, 6) is -1.79. The number of esters is 1. The van der Waals surface area contributed by atoms with E-state index in [1.807, 2.05) is 0 Å². The summed E-state index contributed by atoms with van der Waals surface area (Å²) in [6.07, 6.45) is 1.60. The molecule has 4 nitrogen and oxygen atoms in total. The molecule has 0 bridgehead atoms. The minimum atomic E-state index is -1.16. The monoisotopic (exact) mass is 186 g/mol. The molecule has 0 atom stereocenters. The number of hydrogen-bond donors (Lipinski definition) is 1. The fourth-order valence-corrected chi connectivity index (χ4v) is 0.330. The summed E-state index contributed by atoms with van der Waals surface area (Å²) in [6, 6.07) is 0. The van der Waals surface area contributed by atoms with Crippen molar-refractivity contribution in [1.29, 1.82) is 0 Å². The molecule has 0 aliphatic carbocycles. The molecule has 0 aromatic heterocycles. The van der Waals surface area contributed by atoms with Gasteiger partial charge in [-0.05, 0) is 6.92 Å². The van der Waals surface area contributed by atoms with Gasteiger partial charge in [0.25, 0.3) is 0 Å². The van der Waals surface area contributed by atoms with Crippen LogP contribution in [0.1, 0.15) is 6.92 Å². The fourth-order valence-electron chi connectivity index (χ4n) is 0.330. The second kappa shape index (κ2) is 8.04. The van der Waals surface area contributed by atoms with Crippen molar-refractivity contribution in [2.45, 2.75) is 6.92 Å². The van der Waals surface area contributed by atoms with Gasteiger partial charge in [0.05, 0.1) is 6.61 Å². The van der Waals surface area contributed by atoms with E-state index in [1.165, 1.54) is 0 Å². The van der Waals surface area contributed by atoms with Crippen LogP contribution in [-0.2, 0) is 14.3 Å². The number of aliphatic carboxylic acids is 1. The van der Waals surface area contributed by atoms with Crippen molar-refractivity contribution < 1.29 is 19.4 Å². The summed E-state index contributed by atoms with van der Waals surface area (Å²) in [5, 5.41) is 8.04. The first-order valence-electron chi connectivity index (χ1n) is 2.74. The SMILES string of the molecule is CCOC(=O)C=CC(=O)O.[CaH2]. The molecule has 0 aromatic carbocycles. The Labute approximate surface area is 94.2 Å². The van der Waals surface area contributed by atoms with Crippen LogP contribution in [-0.4, -0.2) is 61.4 Å². The van der Waals surface area contributed by atoms with Crippen molar-refractivity contribution in [1.82, 2.24) is 0 Å². The molecule has 0 aliphatic rings. The van der Waals surface area contributed by atoms with Crippen LogP contribution in [0.4, 0.5) is 0 Å². The number of hydrogen-bond acceptors (Lipinski definition) is 3. The van der Waals surface area contributed by atoms with Crippen LogP contribution in [0.15, 0.2) is 12.2 Å². The normalized spacial score (nSPS) is 8.82. The predicted molar refractivity (Wildman–Crippen MR) is 42.0 cm³/mol. The molecule has 0 spiro atoms. The number of rotatable bonds is 3. The Bertz CT molecular complexity index is 164. The standard InChI is InChI=1S/C6H8O4.Ca.2H/c1-2-10-6(9)4-3-5(7)8;;;/h3-4H,2H2,1H3,(H,7,8);;;. The molecule has 5 heteroatoms. The van der Waals surface area contributed by atoms with Gasteiger partial charge in [-0.15, -0.1) is 0 Å². The second-order valence-corrected chi connectivity index (χ2v) is 1.42. The van der Waals surface area contributed by atoms with Gasteiger partial charge in [-0.1, -0.05) is 0 Å². The summed E-state index contributed by atoms with van der Waals surface area (Å²) in [6.45, 7) is 1.90. The number of carboxylic acid groups (broad SMARTS) is 1. The zero-order valence-electron chi connectivity index (χ0n) is 5.53. The van der Waals surface area contributed by atoms with Crippen molar-refractivity contribution >= 4 is 49.7 Å². The maximum absolute atomic E-state index is 10.4. The first kappa shape index (κ1) is 13.5. The van der Waals surface area contributed by atoms with Crippen LogP contribution >= 0.6 is 0 Å². The number of ether oxygens (including phenoxy) is 1. The molecular weight excluding hydrogens is 176 g/mol. The van der Waals surface area contributed by atoms with E-state index < -0.39 is 11.9 Å². The summed E-state index contributed by atoms with van der Waals surface area (Å²) in [7, 11) is 0. The van der Waals surface area contributed by atoms with E-state index in [1.54, 1.807) is 6.92 Å². The quantitative estimate of drug-likeness (QED) is 0.359. The van der Waals surface area contributed by atoms with Crippen LogP contribution in [0.3, 0.4) is 0 Å². The van der Waals surface area contributed by atoms with Crippen LogP contribution in [0.5, 0.6) is 0 Å². The zero-order chi connectivity index (χ0) is 7.98. The molecule has 0 saturated heterocycles. The van der Waals surface area contributed by atoms with Gasteiger partial charge in [0.2, 0.25) is 0 Å². The molecule has 0 rings (SSSR count). The first-order chi connectivity index (χ1) is 4.66. The second-order valence-electron chi connectivity index (χ2n) is 1.42. The topological polar surface area (TPSA) is 63.6 Å². The number of carboxylic acids is 1.